The number of nitrogens with one attached hydrogen (secondary N) is 1. The van der Waals surface area contributed by atoms with Crippen molar-refractivity contribution in [2.45, 2.75) is 19.2 Å². The highest BCUT2D eigenvalue weighted by atomic mass is 32.2. The fourth-order valence-corrected chi connectivity index (χ4v) is 4.35. The maximum Gasteiger partial charge on any atom is 0.268 e. The Labute approximate surface area is 183 Å². The first-order valence-corrected chi connectivity index (χ1v) is 10.7. The molecule has 0 saturated carbocycles. The molecule has 2 aromatic carbocycles. The number of thioether (sulfide) groups is 1. The Morgan fingerprint density at radius 1 is 0.968 bits per heavy atom. The predicted octanol–water partition coefficient (Wildman–Crippen LogP) is 4.45. The lowest BCUT2D eigenvalue weighted by Gasteiger charge is -2.15. The monoisotopic (exact) mass is 432 g/mol. The number of anilines is 1. The zero-order valence-corrected chi connectivity index (χ0v) is 17.6. The summed E-state index contributed by atoms with van der Waals surface area (Å²) in [5.41, 5.74) is 2.50. The lowest BCUT2D eigenvalue weighted by Crippen LogP contribution is -2.30. The molecule has 2 heterocycles. The van der Waals surface area contributed by atoms with Gasteiger partial charge in [0.1, 0.15) is 5.76 Å². The van der Waals surface area contributed by atoms with E-state index in [1.807, 2.05) is 36.4 Å². The minimum absolute atomic E-state index is 0.178. The maximum atomic E-state index is 13.3. The fourth-order valence-electron chi connectivity index (χ4n) is 3.31. The molecule has 1 aliphatic rings. The fraction of sp³-hybridized carbons (Fsp3) is 0.125. The highest BCUT2D eigenvalue weighted by molar-refractivity contribution is 8.03. The average Bonchev–Trinajstić information content (AvgIpc) is 3.36. The van der Waals surface area contributed by atoms with Crippen LogP contribution in [0.4, 0.5) is 5.69 Å². The number of hydrogen-bond acceptors (Lipinski definition) is 5. The molecule has 3 amide bonds. The van der Waals surface area contributed by atoms with E-state index in [1.165, 1.54) is 23.6 Å². The zero-order valence-electron chi connectivity index (χ0n) is 16.8. The average molecular weight is 433 g/mol. The lowest BCUT2D eigenvalue weighted by molar-refractivity contribution is -0.137. The minimum Gasteiger partial charge on any atom is -0.468 e. The Hall–Kier alpha value is -3.58. The molecule has 0 radical (unpaired) electrons. The molecule has 156 valence electrons. The second-order valence-electron chi connectivity index (χ2n) is 7.01. The minimum atomic E-state index is -0.330. The van der Waals surface area contributed by atoms with E-state index in [-0.39, 0.29) is 24.3 Å². The summed E-state index contributed by atoms with van der Waals surface area (Å²) in [5, 5.41) is 2.70. The first kappa shape index (κ1) is 20.7. The summed E-state index contributed by atoms with van der Waals surface area (Å²) in [6.45, 7) is 1.64. The molecular weight excluding hydrogens is 412 g/mol. The summed E-state index contributed by atoms with van der Waals surface area (Å²) in [6, 6.07) is 20.0. The Kier molecular flexibility index (Phi) is 6.04. The predicted molar refractivity (Wildman–Crippen MR) is 120 cm³/mol. The van der Waals surface area contributed by atoms with Gasteiger partial charge in [-0.15, -0.1) is 11.8 Å². The highest BCUT2D eigenvalue weighted by Crippen LogP contribution is 2.38. The van der Waals surface area contributed by atoms with Crippen LogP contribution in [0.2, 0.25) is 0 Å². The second kappa shape index (κ2) is 9.06. The third kappa shape index (κ3) is 4.62. The number of rotatable bonds is 7. The van der Waals surface area contributed by atoms with Gasteiger partial charge >= 0.3 is 0 Å². The van der Waals surface area contributed by atoms with Crippen LogP contribution in [-0.4, -0.2) is 22.6 Å². The van der Waals surface area contributed by atoms with Crippen LogP contribution in [-0.2, 0) is 26.7 Å². The summed E-state index contributed by atoms with van der Waals surface area (Å²) in [5.74, 6) is 0.338. The number of nitrogens with zero attached hydrogens (tertiary/aromatic N) is 1. The van der Waals surface area contributed by atoms with Crippen molar-refractivity contribution in [3.8, 4) is 0 Å². The van der Waals surface area contributed by atoms with E-state index in [1.54, 1.807) is 36.6 Å². The number of carbonyl (C=O) groups excluding carboxylic acids is 3. The molecule has 1 aliphatic heterocycles. The first-order chi connectivity index (χ1) is 15.0. The Balaban J connectivity index is 1.66. The number of amides is 3. The van der Waals surface area contributed by atoms with Crippen LogP contribution >= 0.6 is 11.8 Å². The molecular formula is C24H20N2O4S. The molecule has 3 aromatic rings. The molecule has 1 N–H and O–H groups in total. The molecule has 0 unspecified atom stereocenters. The summed E-state index contributed by atoms with van der Waals surface area (Å²) < 4.78 is 5.38. The van der Waals surface area contributed by atoms with Crippen molar-refractivity contribution < 1.29 is 18.8 Å². The van der Waals surface area contributed by atoms with Gasteiger partial charge in [-0.25, -0.2) is 0 Å². The van der Waals surface area contributed by atoms with Crippen molar-refractivity contribution in [3.05, 3.63) is 94.8 Å². The highest BCUT2D eigenvalue weighted by Gasteiger charge is 2.39. The zero-order chi connectivity index (χ0) is 21.8. The van der Waals surface area contributed by atoms with E-state index in [0.717, 1.165) is 11.3 Å². The molecule has 0 aliphatic carbocycles. The molecule has 0 fully saturated rings. The van der Waals surface area contributed by atoms with Crippen LogP contribution in [0.1, 0.15) is 23.8 Å². The van der Waals surface area contributed by atoms with Gasteiger partial charge in [-0.05, 0) is 35.4 Å². The van der Waals surface area contributed by atoms with Gasteiger partial charge in [0, 0.05) is 12.6 Å². The molecule has 0 spiro atoms. The number of benzene rings is 2. The van der Waals surface area contributed by atoms with Gasteiger partial charge in [0.15, 0.2) is 0 Å². The van der Waals surface area contributed by atoms with Crippen molar-refractivity contribution in [1.29, 1.82) is 0 Å². The SMILES string of the molecule is CC(=O)Nc1ccc(C2=C(SCc3ccco3)C(=O)N(Cc3ccccc3)C2=O)cc1. The van der Waals surface area contributed by atoms with Crippen LogP contribution in [0.5, 0.6) is 0 Å². The molecule has 0 bridgehead atoms. The van der Waals surface area contributed by atoms with Gasteiger partial charge in [-0.3, -0.25) is 19.3 Å². The van der Waals surface area contributed by atoms with Crippen LogP contribution in [0, 0.1) is 0 Å². The standard InChI is InChI=1S/C24H20N2O4S/c1-16(27)25-19-11-9-18(10-12-19)21-22(31-15-20-8-5-13-30-20)24(29)26(23(21)28)14-17-6-3-2-4-7-17/h2-13H,14-15H2,1H3,(H,25,27). The Bertz CT molecular complexity index is 1140. The second-order valence-corrected chi connectivity index (χ2v) is 8.00. The van der Waals surface area contributed by atoms with E-state index in [9.17, 15) is 14.4 Å². The van der Waals surface area contributed by atoms with Gasteiger partial charge in [0.2, 0.25) is 5.91 Å². The molecule has 1 aromatic heterocycles. The van der Waals surface area contributed by atoms with Gasteiger partial charge < -0.3 is 9.73 Å². The summed E-state index contributed by atoms with van der Waals surface area (Å²) >= 11 is 1.29. The summed E-state index contributed by atoms with van der Waals surface area (Å²) in [7, 11) is 0. The van der Waals surface area contributed by atoms with Gasteiger partial charge in [-0.1, -0.05) is 42.5 Å². The van der Waals surface area contributed by atoms with Gasteiger partial charge in [-0.2, -0.15) is 0 Å². The third-order valence-electron chi connectivity index (χ3n) is 4.74. The van der Waals surface area contributed by atoms with Crippen molar-refractivity contribution in [1.82, 2.24) is 4.90 Å². The molecule has 0 atom stereocenters. The molecule has 0 saturated heterocycles. The Morgan fingerprint density at radius 2 is 1.71 bits per heavy atom. The van der Waals surface area contributed by atoms with Crippen LogP contribution < -0.4 is 5.32 Å². The molecule has 4 rings (SSSR count). The molecule has 31 heavy (non-hydrogen) atoms. The van der Waals surface area contributed by atoms with Crippen molar-refractivity contribution in [2.24, 2.45) is 0 Å². The molecule has 7 heteroatoms. The molecule has 6 nitrogen and oxygen atoms in total. The largest absolute Gasteiger partial charge is 0.468 e. The summed E-state index contributed by atoms with van der Waals surface area (Å²) in [6.07, 6.45) is 1.58. The smallest absolute Gasteiger partial charge is 0.268 e. The van der Waals surface area contributed by atoms with E-state index < -0.39 is 0 Å². The first-order valence-electron chi connectivity index (χ1n) is 9.70. The topological polar surface area (TPSA) is 79.6 Å². The lowest BCUT2D eigenvalue weighted by atomic mass is 10.1. The van der Waals surface area contributed by atoms with Crippen molar-refractivity contribution >= 4 is 40.7 Å². The number of hydrogen-bond donors (Lipinski definition) is 1. The Morgan fingerprint density at radius 3 is 2.35 bits per heavy atom. The number of furan rings is 1. The summed E-state index contributed by atoms with van der Waals surface area (Å²) in [4.78, 5) is 39.5. The van der Waals surface area contributed by atoms with Gasteiger partial charge in [0.05, 0.1) is 29.0 Å². The normalized spacial score (nSPS) is 13.8. The maximum absolute atomic E-state index is 13.3. The van der Waals surface area contributed by atoms with Gasteiger partial charge in [0.25, 0.3) is 11.8 Å². The van der Waals surface area contributed by atoms with E-state index >= 15 is 0 Å². The van der Waals surface area contributed by atoms with E-state index in [4.69, 9.17) is 4.42 Å². The number of carbonyl (C=O) groups is 3. The van der Waals surface area contributed by atoms with Crippen LogP contribution in [0.15, 0.2) is 82.3 Å². The van der Waals surface area contributed by atoms with Crippen molar-refractivity contribution in [3.63, 3.8) is 0 Å². The quantitative estimate of drug-likeness (QED) is 0.558. The third-order valence-corrected chi connectivity index (χ3v) is 5.84. The van der Waals surface area contributed by atoms with Crippen LogP contribution in [0.25, 0.3) is 5.57 Å². The number of imide groups is 1. The van der Waals surface area contributed by atoms with E-state index in [2.05, 4.69) is 5.32 Å². The van der Waals surface area contributed by atoms with Crippen molar-refractivity contribution in [2.75, 3.05) is 5.32 Å². The van der Waals surface area contributed by atoms with Crippen LogP contribution in [0.3, 0.4) is 0 Å². The van der Waals surface area contributed by atoms with E-state index in [0.29, 0.717) is 27.5 Å².